The van der Waals surface area contributed by atoms with Crippen molar-refractivity contribution in [3.63, 3.8) is 0 Å². The number of hydrogen-bond acceptors (Lipinski definition) is 5. The third-order valence-corrected chi connectivity index (χ3v) is 6.27. The molecule has 164 valence electrons. The molecule has 4 rings (SSSR count). The number of pyridine rings is 1. The lowest BCUT2D eigenvalue weighted by Gasteiger charge is -2.32. The van der Waals surface area contributed by atoms with Crippen LogP contribution in [0.4, 0.5) is 5.69 Å². The van der Waals surface area contributed by atoms with E-state index >= 15 is 0 Å². The summed E-state index contributed by atoms with van der Waals surface area (Å²) in [6, 6.07) is 13.6. The van der Waals surface area contributed by atoms with E-state index in [2.05, 4.69) is 47.1 Å². The Morgan fingerprint density at radius 3 is 2.45 bits per heavy atom. The highest BCUT2D eigenvalue weighted by molar-refractivity contribution is 5.92. The number of anilines is 1. The number of likely N-dealkylation sites (tertiary alicyclic amines) is 1. The zero-order chi connectivity index (χ0) is 21.8. The van der Waals surface area contributed by atoms with Crippen molar-refractivity contribution in [2.45, 2.75) is 51.1 Å². The van der Waals surface area contributed by atoms with Crippen LogP contribution >= 0.6 is 0 Å². The fourth-order valence-corrected chi connectivity index (χ4v) is 4.27. The zero-order valence-corrected chi connectivity index (χ0v) is 18.2. The van der Waals surface area contributed by atoms with Crippen molar-refractivity contribution in [3.8, 4) is 0 Å². The lowest BCUT2D eigenvalue weighted by Crippen LogP contribution is -2.49. The Hall–Kier alpha value is -2.77. The van der Waals surface area contributed by atoms with Crippen molar-refractivity contribution in [2.24, 2.45) is 5.92 Å². The SMILES string of the molecule is CC(C)c1ccc(NC(=O)C2CCN(C(=O)C3CC(c4ccccn4)NN3)CC2)cc1. The number of benzene rings is 1. The van der Waals surface area contributed by atoms with E-state index in [9.17, 15) is 9.59 Å². The average molecular weight is 422 g/mol. The topological polar surface area (TPSA) is 86.4 Å². The third kappa shape index (κ3) is 5.11. The maximum Gasteiger partial charge on any atom is 0.241 e. The van der Waals surface area contributed by atoms with Gasteiger partial charge in [-0.05, 0) is 55.0 Å². The molecule has 31 heavy (non-hydrogen) atoms. The van der Waals surface area contributed by atoms with E-state index in [4.69, 9.17) is 0 Å². The highest BCUT2D eigenvalue weighted by Gasteiger charge is 2.35. The molecule has 2 fully saturated rings. The first-order valence-corrected chi connectivity index (χ1v) is 11.1. The van der Waals surface area contributed by atoms with Gasteiger partial charge in [-0.3, -0.25) is 14.6 Å². The van der Waals surface area contributed by atoms with E-state index in [0.29, 0.717) is 38.3 Å². The van der Waals surface area contributed by atoms with Crippen molar-refractivity contribution in [1.29, 1.82) is 0 Å². The first kappa shape index (κ1) is 21.5. The number of hydrogen-bond donors (Lipinski definition) is 3. The average Bonchev–Trinajstić information content (AvgIpc) is 3.30. The second-order valence-electron chi connectivity index (χ2n) is 8.75. The number of amides is 2. The number of nitrogens with one attached hydrogen (secondary N) is 3. The number of rotatable bonds is 5. The highest BCUT2D eigenvalue weighted by atomic mass is 16.2. The molecule has 2 atom stereocenters. The minimum Gasteiger partial charge on any atom is -0.341 e. The Bertz CT molecular complexity index is 892. The van der Waals surface area contributed by atoms with Crippen molar-refractivity contribution in [2.75, 3.05) is 18.4 Å². The van der Waals surface area contributed by atoms with Crippen LogP contribution in [-0.2, 0) is 9.59 Å². The number of hydrazine groups is 1. The molecule has 2 aliphatic rings. The van der Waals surface area contributed by atoms with Crippen LogP contribution in [-0.4, -0.2) is 40.8 Å². The monoisotopic (exact) mass is 421 g/mol. The van der Waals surface area contributed by atoms with Crippen LogP contribution in [0.2, 0.25) is 0 Å². The number of carbonyl (C=O) groups excluding carboxylic acids is 2. The smallest absolute Gasteiger partial charge is 0.241 e. The molecule has 0 saturated carbocycles. The predicted octanol–water partition coefficient (Wildman–Crippen LogP) is 2.99. The first-order valence-electron chi connectivity index (χ1n) is 11.1. The lowest BCUT2D eigenvalue weighted by molar-refractivity contribution is -0.136. The largest absolute Gasteiger partial charge is 0.341 e. The summed E-state index contributed by atoms with van der Waals surface area (Å²) in [6.07, 6.45) is 3.81. The van der Waals surface area contributed by atoms with Crippen LogP contribution in [0.25, 0.3) is 0 Å². The van der Waals surface area contributed by atoms with E-state index in [1.807, 2.05) is 35.2 Å². The minimum absolute atomic E-state index is 0.0283. The molecule has 7 heteroatoms. The van der Waals surface area contributed by atoms with Gasteiger partial charge in [0, 0.05) is 30.9 Å². The maximum atomic E-state index is 12.9. The molecule has 2 aliphatic heterocycles. The summed E-state index contributed by atoms with van der Waals surface area (Å²) in [5.74, 6) is 0.537. The molecule has 7 nitrogen and oxygen atoms in total. The Morgan fingerprint density at radius 1 is 1.06 bits per heavy atom. The van der Waals surface area contributed by atoms with Gasteiger partial charge in [-0.25, -0.2) is 10.9 Å². The molecular weight excluding hydrogens is 390 g/mol. The van der Waals surface area contributed by atoms with Gasteiger partial charge in [0.05, 0.1) is 11.7 Å². The van der Waals surface area contributed by atoms with Gasteiger partial charge in [0.15, 0.2) is 0 Å². The fraction of sp³-hybridized carbons (Fsp3) is 0.458. The molecule has 3 N–H and O–H groups in total. The summed E-state index contributed by atoms with van der Waals surface area (Å²) in [4.78, 5) is 31.9. The number of carbonyl (C=O) groups is 2. The van der Waals surface area contributed by atoms with Crippen molar-refractivity contribution >= 4 is 17.5 Å². The Labute approximate surface area is 183 Å². The third-order valence-electron chi connectivity index (χ3n) is 6.27. The van der Waals surface area contributed by atoms with E-state index in [1.165, 1.54) is 5.56 Å². The Morgan fingerprint density at radius 2 is 1.81 bits per heavy atom. The Kier molecular flexibility index (Phi) is 6.63. The van der Waals surface area contributed by atoms with Gasteiger partial charge in [-0.1, -0.05) is 32.0 Å². The van der Waals surface area contributed by atoms with Gasteiger partial charge in [-0.2, -0.15) is 0 Å². The molecule has 2 unspecified atom stereocenters. The van der Waals surface area contributed by atoms with Gasteiger partial charge < -0.3 is 10.2 Å². The standard InChI is InChI=1S/C24H31N5O2/c1-16(2)17-6-8-19(9-7-17)26-23(30)18-10-13-29(14-11-18)24(31)22-15-21(27-28-22)20-5-3-4-12-25-20/h3-9,12,16,18,21-22,27-28H,10-11,13-15H2,1-2H3,(H,26,30). The van der Waals surface area contributed by atoms with Crippen LogP contribution in [0.1, 0.15) is 56.3 Å². The molecular formula is C24H31N5O2. The van der Waals surface area contributed by atoms with Gasteiger partial charge >= 0.3 is 0 Å². The van der Waals surface area contributed by atoms with Gasteiger partial charge in [0.25, 0.3) is 0 Å². The van der Waals surface area contributed by atoms with E-state index in [-0.39, 0.29) is 29.8 Å². The summed E-state index contributed by atoms with van der Waals surface area (Å²) in [5.41, 5.74) is 9.32. The van der Waals surface area contributed by atoms with Crippen LogP contribution in [0.5, 0.6) is 0 Å². The van der Waals surface area contributed by atoms with E-state index < -0.39 is 0 Å². The lowest BCUT2D eigenvalue weighted by atomic mass is 9.94. The van der Waals surface area contributed by atoms with Crippen LogP contribution in [0, 0.1) is 5.92 Å². The maximum absolute atomic E-state index is 12.9. The number of piperidine rings is 1. The van der Waals surface area contributed by atoms with Gasteiger partial charge in [0.2, 0.25) is 11.8 Å². The number of nitrogens with zero attached hydrogens (tertiary/aromatic N) is 2. The summed E-state index contributed by atoms with van der Waals surface area (Å²) in [5, 5.41) is 3.03. The molecule has 2 saturated heterocycles. The minimum atomic E-state index is -0.267. The first-order chi connectivity index (χ1) is 15.0. The normalized spacial score (nSPS) is 22.0. The molecule has 0 aliphatic carbocycles. The Balaban J connectivity index is 1.25. The summed E-state index contributed by atoms with van der Waals surface area (Å²) >= 11 is 0. The van der Waals surface area contributed by atoms with Crippen LogP contribution < -0.4 is 16.2 Å². The fourth-order valence-electron chi connectivity index (χ4n) is 4.27. The van der Waals surface area contributed by atoms with Gasteiger partial charge in [0.1, 0.15) is 6.04 Å². The molecule has 2 amide bonds. The second kappa shape index (κ2) is 9.58. The van der Waals surface area contributed by atoms with Crippen LogP contribution in [0.3, 0.4) is 0 Å². The molecule has 3 heterocycles. The van der Waals surface area contributed by atoms with Crippen molar-refractivity contribution < 1.29 is 9.59 Å². The molecule has 0 radical (unpaired) electrons. The summed E-state index contributed by atoms with van der Waals surface area (Å²) in [7, 11) is 0. The molecule has 0 bridgehead atoms. The van der Waals surface area contributed by atoms with Crippen LogP contribution in [0.15, 0.2) is 48.7 Å². The highest BCUT2D eigenvalue weighted by Crippen LogP contribution is 2.25. The predicted molar refractivity (Wildman–Crippen MR) is 120 cm³/mol. The summed E-state index contributed by atoms with van der Waals surface area (Å²) in [6.45, 7) is 5.52. The van der Waals surface area contributed by atoms with Crippen molar-refractivity contribution in [3.05, 3.63) is 59.9 Å². The molecule has 0 spiro atoms. The number of aromatic nitrogens is 1. The quantitative estimate of drug-likeness (QED) is 0.691. The molecule has 1 aromatic carbocycles. The molecule has 2 aromatic rings. The summed E-state index contributed by atoms with van der Waals surface area (Å²) < 4.78 is 0. The van der Waals surface area contributed by atoms with E-state index in [0.717, 1.165) is 11.4 Å². The van der Waals surface area contributed by atoms with Gasteiger partial charge in [-0.15, -0.1) is 0 Å². The zero-order valence-electron chi connectivity index (χ0n) is 18.2. The second-order valence-corrected chi connectivity index (χ2v) is 8.75. The van der Waals surface area contributed by atoms with Crippen molar-refractivity contribution in [1.82, 2.24) is 20.7 Å². The molecule has 1 aromatic heterocycles. The van der Waals surface area contributed by atoms with E-state index in [1.54, 1.807) is 6.20 Å².